The molecule has 1 heterocycles. The number of fused-ring (bicyclic) bond motifs is 1. The molecule has 0 spiro atoms. The molecule has 5 nitrogen and oxygen atoms in total. The van der Waals surface area contributed by atoms with Crippen molar-refractivity contribution in [1.82, 2.24) is 4.98 Å². The molecule has 0 radical (unpaired) electrons. The highest BCUT2D eigenvalue weighted by atomic mass is 16.5. The SMILES string of the molecule is COc1nc2ccccc2c(OC)c1C(=O)O. The van der Waals surface area contributed by atoms with Gasteiger partial charge in [-0.2, -0.15) is 0 Å². The molecular formula is C12H11NO4. The molecule has 0 saturated carbocycles. The van der Waals surface area contributed by atoms with Gasteiger partial charge in [0.05, 0.1) is 19.7 Å². The van der Waals surface area contributed by atoms with Crippen LogP contribution in [-0.2, 0) is 0 Å². The summed E-state index contributed by atoms with van der Waals surface area (Å²) in [6.07, 6.45) is 0. The number of para-hydroxylation sites is 1. The summed E-state index contributed by atoms with van der Waals surface area (Å²) < 4.78 is 10.1. The van der Waals surface area contributed by atoms with Crippen LogP contribution in [0.1, 0.15) is 10.4 Å². The zero-order valence-corrected chi connectivity index (χ0v) is 9.43. The van der Waals surface area contributed by atoms with Crippen molar-refractivity contribution < 1.29 is 19.4 Å². The Balaban J connectivity index is 2.89. The van der Waals surface area contributed by atoms with Crippen molar-refractivity contribution in [2.24, 2.45) is 0 Å². The van der Waals surface area contributed by atoms with E-state index in [1.165, 1.54) is 14.2 Å². The van der Waals surface area contributed by atoms with E-state index in [-0.39, 0.29) is 17.2 Å². The monoisotopic (exact) mass is 233 g/mol. The molecule has 0 atom stereocenters. The lowest BCUT2D eigenvalue weighted by Gasteiger charge is -2.11. The van der Waals surface area contributed by atoms with Crippen molar-refractivity contribution in [2.45, 2.75) is 0 Å². The zero-order valence-electron chi connectivity index (χ0n) is 9.43. The Morgan fingerprint density at radius 3 is 2.53 bits per heavy atom. The second kappa shape index (κ2) is 4.29. The number of hydrogen-bond acceptors (Lipinski definition) is 4. The first-order valence-electron chi connectivity index (χ1n) is 4.93. The number of ether oxygens (including phenoxy) is 2. The number of carboxylic acids is 1. The predicted octanol–water partition coefficient (Wildman–Crippen LogP) is 1.95. The van der Waals surface area contributed by atoms with Crippen molar-refractivity contribution in [1.29, 1.82) is 0 Å². The minimum Gasteiger partial charge on any atom is -0.495 e. The fraction of sp³-hybridized carbons (Fsp3) is 0.167. The van der Waals surface area contributed by atoms with Gasteiger partial charge in [0, 0.05) is 5.39 Å². The van der Waals surface area contributed by atoms with Gasteiger partial charge in [-0.05, 0) is 12.1 Å². The largest absolute Gasteiger partial charge is 0.495 e. The Labute approximate surface area is 97.6 Å². The van der Waals surface area contributed by atoms with E-state index >= 15 is 0 Å². The predicted molar refractivity (Wildman–Crippen MR) is 61.8 cm³/mol. The van der Waals surface area contributed by atoms with Gasteiger partial charge in [0.25, 0.3) is 0 Å². The lowest BCUT2D eigenvalue weighted by Crippen LogP contribution is -2.06. The molecule has 88 valence electrons. The van der Waals surface area contributed by atoms with E-state index in [1.807, 2.05) is 6.07 Å². The molecular weight excluding hydrogens is 222 g/mol. The van der Waals surface area contributed by atoms with Crippen LogP contribution in [0.4, 0.5) is 0 Å². The number of aromatic nitrogens is 1. The maximum Gasteiger partial charge on any atom is 0.345 e. The molecule has 2 rings (SSSR count). The third-order valence-corrected chi connectivity index (χ3v) is 2.42. The number of benzene rings is 1. The van der Waals surface area contributed by atoms with Crippen molar-refractivity contribution in [3.05, 3.63) is 29.8 Å². The Bertz CT molecular complexity index is 580. The molecule has 0 aliphatic heterocycles. The van der Waals surface area contributed by atoms with Gasteiger partial charge in [-0.15, -0.1) is 0 Å². The van der Waals surface area contributed by atoms with Crippen LogP contribution in [-0.4, -0.2) is 30.3 Å². The maximum absolute atomic E-state index is 11.2. The van der Waals surface area contributed by atoms with Crippen LogP contribution in [0.15, 0.2) is 24.3 Å². The molecule has 17 heavy (non-hydrogen) atoms. The summed E-state index contributed by atoms with van der Waals surface area (Å²) in [5.74, 6) is -0.815. The second-order valence-electron chi connectivity index (χ2n) is 3.35. The lowest BCUT2D eigenvalue weighted by molar-refractivity contribution is 0.0689. The molecule has 1 aromatic carbocycles. The van der Waals surface area contributed by atoms with Crippen molar-refractivity contribution in [2.75, 3.05) is 14.2 Å². The molecule has 0 fully saturated rings. The van der Waals surface area contributed by atoms with Crippen LogP contribution < -0.4 is 9.47 Å². The molecule has 0 amide bonds. The van der Waals surface area contributed by atoms with Crippen LogP contribution in [0.25, 0.3) is 10.9 Å². The number of methoxy groups -OCH3 is 2. The summed E-state index contributed by atoms with van der Waals surface area (Å²) in [5, 5.41) is 9.81. The van der Waals surface area contributed by atoms with E-state index in [0.717, 1.165) is 0 Å². The Kier molecular flexibility index (Phi) is 2.82. The normalized spacial score (nSPS) is 10.2. The van der Waals surface area contributed by atoms with Gasteiger partial charge in [-0.3, -0.25) is 0 Å². The average Bonchev–Trinajstić information content (AvgIpc) is 2.35. The standard InChI is InChI=1S/C12H11NO4/c1-16-10-7-5-3-4-6-8(7)13-11(17-2)9(10)12(14)15/h3-6H,1-2H3,(H,14,15). The van der Waals surface area contributed by atoms with Crippen LogP contribution in [0.3, 0.4) is 0 Å². The lowest BCUT2D eigenvalue weighted by atomic mass is 10.1. The molecule has 1 N–H and O–H groups in total. The third-order valence-electron chi connectivity index (χ3n) is 2.42. The first-order valence-corrected chi connectivity index (χ1v) is 4.93. The number of aromatic carboxylic acids is 1. The summed E-state index contributed by atoms with van der Waals surface area (Å²) >= 11 is 0. The summed E-state index contributed by atoms with van der Waals surface area (Å²) in [6.45, 7) is 0. The minimum absolute atomic E-state index is 0.0491. The van der Waals surface area contributed by atoms with Crippen molar-refractivity contribution in [3.8, 4) is 11.6 Å². The Morgan fingerprint density at radius 1 is 1.24 bits per heavy atom. The first-order chi connectivity index (χ1) is 8.19. The molecule has 1 aromatic heterocycles. The quantitative estimate of drug-likeness (QED) is 0.877. The van der Waals surface area contributed by atoms with E-state index in [9.17, 15) is 4.79 Å². The summed E-state index contributed by atoms with van der Waals surface area (Å²) in [6, 6.07) is 7.14. The number of carboxylic acid groups (broad SMARTS) is 1. The van der Waals surface area contributed by atoms with Crippen LogP contribution in [0.5, 0.6) is 11.6 Å². The van der Waals surface area contributed by atoms with Crippen molar-refractivity contribution in [3.63, 3.8) is 0 Å². The molecule has 2 aromatic rings. The van der Waals surface area contributed by atoms with Crippen LogP contribution >= 0.6 is 0 Å². The van der Waals surface area contributed by atoms with Crippen LogP contribution in [0, 0.1) is 0 Å². The van der Waals surface area contributed by atoms with E-state index in [0.29, 0.717) is 10.9 Å². The maximum atomic E-state index is 11.2. The summed E-state index contributed by atoms with van der Waals surface area (Å²) in [7, 11) is 2.80. The topological polar surface area (TPSA) is 68.7 Å². The third kappa shape index (κ3) is 1.75. The van der Waals surface area contributed by atoms with E-state index < -0.39 is 5.97 Å². The smallest absolute Gasteiger partial charge is 0.345 e. The molecule has 0 bridgehead atoms. The van der Waals surface area contributed by atoms with Gasteiger partial charge in [0.2, 0.25) is 5.88 Å². The number of pyridine rings is 1. The minimum atomic E-state index is -1.13. The summed E-state index contributed by atoms with van der Waals surface area (Å²) in [5.41, 5.74) is 0.569. The van der Waals surface area contributed by atoms with Gasteiger partial charge in [0.1, 0.15) is 5.75 Å². The van der Waals surface area contributed by atoms with Crippen molar-refractivity contribution >= 4 is 16.9 Å². The van der Waals surface area contributed by atoms with Gasteiger partial charge < -0.3 is 14.6 Å². The molecule has 0 aliphatic rings. The van der Waals surface area contributed by atoms with E-state index in [2.05, 4.69) is 4.98 Å². The second-order valence-corrected chi connectivity index (χ2v) is 3.35. The first kappa shape index (κ1) is 11.2. The van der Waals surface area contributed by atoms with Gasteiger partial charge in [0.15, 0.2) is 5.56 Å². The average molecular weight is 233 g/mol. The van der Waals surface area contributed by atoms with Gasteiger partial charge in [-0.25, -0.2) is 9.78 Å². The number of carbonyl (C=O) groups is 1. The Morgan fingerprint density at radius 2 is 1.94 bits per heavy atom. The molecule has 0 saturated heterocycles. The number of nitrogens with zero attached hydrogens (tertiary/aromatic N) is 1. The van der Waals surface area contributed by atoms with E-state index in [4.69, 9.17) is 14.6 Å². The molecule has 5 heteroatoms. The zero-order chi connectivity index (χ0) is 12.4. The Hall–Kier alpha value is -2.30. The van der Waals surface area contributed by atoms with Crippen LogP contribution in [0.2, 0.25) is 0 Å². The highest BCUT2D eigenvalue weighted by Gasteiger charge is 2.22. The molecule has 0 unspecified atom stereocenters. The molecule has 0 aliphatic carbocycles. The summed E-state index contributed by atoms with van der Waals surface area (Å²) in [4.78, 5) is 15.3. The van der Waals surface area contributed by atoms with E-state index in [1.54, 1.807) is 18.2 Å². The van der Waals surface area contributed by atoms with Gasteiger partial charge >= 0.3 is 5.97 Å². The number of rotatable bonds is 3. The highest BCUT2D eigenvalue weighted by Crippen LogP contribution is 2.34. The highest BCUT2D eigenvalue weighted by molar-refractivity contribution is 6.01. The fourth-order valence-corrected chi connectivity index (χ4v) is 1.71. The van der Waals surface area contributed by atoms with Gasteiger partial charge in [-0.1, -0.05) is 12.1 Å². The number of hydrogen-bond donors (Lipinski definition) is 1. The fourth-order valence-electron chi connectivity index (χ4n) is 1.71.